The third kappa shape index (κ3) is 7.18. The molecule has 2 amide bonds. The van der Waals surface area contributed by atoms with E-state index in [2.05, 4.69) is 5.32 Å². The van der Waals surface area contributed by atoms with Gasteiger partial charge in [0, 0.05) is 5.56 Å². The van der Waals surface area contributed by atoms with Crippen molar-refractivity contribution in [2.24, 2.45) is 5.73 Å². The molecule has 0 aliphatic carbocycles. The van der Waals surface area contributed by atoms with E-state index in [4.69, 9.17) is 31.5 Å². The van der Waals surface area contributed by atoms with Crippen LogP contribution < -0.4 is 20.5 Å². The van der Waals surface area contributed by atoms with Crippen molar-refractivity contribution in [2.45, 2.75) is 32.4 Å². The fourth-order valence-electron chi connectivity index (χ4n) is 2.79. The maximum atomic E-state index is 12.9. The van der Waals surface area contributed by atoms with Gasteiger partial charge in [0.15, 0.2) is 18.1 Å². The third-order valence-electron chi connectivity index (χ3n) is 4.10. The van der Waals surface area contributed by atoms with E-state index in [0.717, 1.165) is 5.56 Å². The van der Waals surface area contributed by atoms with Crippen molar-refractivity contribution < 1.29 is 28.6 Å². The second-order valence-electron chi connectivity index (χ2n) is 6.92. The van der Waals surface area contributed by atoms with Crippen molar-refractivity contribution in [2.75, 3.05) is 13.7 Å². The summed E-state index contributed by atoms with van der Waals surface area (Å²) in [4.78, 5) is 36.1. The molecule has 0 saturated carbocycles. The molecule has 0 aliphatic heterocycles. The van der Waals surface area contributed by atoms with Crippen molar-refractivity contribution in [3.05, 3.63) is 58.6 Å². The first kappa shape index (κ1) is 24.0. The van der Waals surface area contributed by atoms with Crippen LogP contribution in [-0.2, 0) is 14.3 Å². The second kappa shape index (κ2) is 11.2. The Bertz CT molecular complexity index is 933. The molecule has 9 heteroatoms. The predicted octanol–water partition coefficient (Wildman–Crippen LogP) is 3.03. The summed E-state index contributed by atoms with van der Waals surface area (Å²) in [5.74, 6) is -1.34. The lowest BCUT2D eigenvalue weighted by Gasteiger charge is -2.20. The van der Waals surface area contributed by atoms with E-state index in [1.54, 1.807) is 13.8 Å². The van der Waals surface area contributed by atoms with Crippen LogP contribution in [0.2, 0.25) is 5.02 Å². The van der Waals surface area contributed by atoms with E-state index >= 15 is 0 Å². The van der Waals surface area contributed by atoms with Gasteiger partial charge in [-0.15, -0.1) is 0 Å². The highest BCUT2D eigenvalue weighted by Gasteiger charge is 2.22. The highest BCUT2D eigenvalue weighted by molar-refractivity contribution is 6.32. The largest absolute Gasteiger partial charge is 0.493 e. The molecule has 166 valence electrons. The van der Waals surface area contributed by atoms with Crippen molar-refractivity contribution in [1.29, 1.82) is 0 Å². The minimum Gasteiger partial charge on any atom is -0.493 e. The van der Waals surface area contributed by atoms with Crippen LogP contribution in [0, 0.1) is 0 Å². The molecule has 2 aromatic carbocycles. The Hall–Kier alpha value is -3.26. The average Bonchev–Trinajstić information content (AvgIpc) is 2.71. The van der Waals surface area contributed by atoms with E-state index in [-0.39, 0.29) is 34.6 Å². The van der Waals surface area contributed by atoms with Gasteiger partial charge in [-0.1, -0.05) is 41.9 Å². The van der Waals surface area contributed by atoms with Gasteiger partial charge in [0.2, 0.25) is 0 Å². The molecule has 1 unspecified atom stereocenters. The van der Waals surface area contributed by atoms with Gasteiger partial charge >= 0.3 is 5.97 Å². The number of rotatable bonds is 10. The number of nitrogens with two attached hydrogens (primary N) is 1. The summed E-state index contributed by atoms with van der Waals surface area (Å²) >= 11 is 6.22. The van der Waals surface area contributed by atoms with Crippen LogP contribution >= 0.6 is 11.6 Å². The SMILES string of the molecule is COc1cc(C(=O)NC(CC(=O)OC(C)C)c2ccccc2)cc(Cl)c1OCC(N)=O. The summed E-state index contributed by atoms with van der Waals surface area (Å²) in [5.41, 5.74) is 6.02. The number of hydrogen-bond acceptors (Lipinski definition) is 6. The Morgan fingerprint density at radius 1 is 1.13 bits per heavy atom. The molecular weight excluding hydrogens is 424 g/mol. The van der Waals surface area contributed by atoms with Crippen LogP contribution in [0.3, 0.4) is 0 Å². The molecule has 2 aromatic rings. The lowest BCUT2D eigenvalue weighted by Crippen LogP contribution is -2.31. The highest BCUT2D eigenvalue weighted by Crippen LogP contribution is 2.36. The quantitative estimate of drug-likeness (QED) is 0.539. The van der Waals surface area contributed by atoms with Crippen molar-refractivity contribution in [3.63, 3.8) is 0 Å². The lowest BCUT2D eigenvalue weighted by molar-refractivity contribution is -0.148. The standard InChI is InChI=1S/C22H25ClN2O6/c1-13(2)31-20(27)11-17(14-7-5-4-6-8-14)25-22(28)15-9-16(23)21(18(10-15)29-3)30-12-19(24)26/h4-10,13,17H,11-12H2,1-3H3,(H2,24,26)(H,25,28). The Kier molecular flexibility index (Phi) is 8.69. The molecule has 0 aromatic heterocycles. The first-order valence-corrected chi connectivity index (χ1v) is 9.93. The van der Waals surface area contributed by atoms with Crippen LogP contribution in [0.25, 0.3) is 0 Å². The van der Waals surface area contributed by atoms with E-state index in [9.17, 15) is 14.4 Å². The maximum absolute atomic E-state index is 12.9. The van der Waals surface area contributed by atoms with E-state index < -0.39 is 30.4 Å². The number of amides is 2. The van der Waals surface area contributed by atoms with Crippen LogP contribution in [0.15, 0.2) is 42.5 Å². The number of esters is 1. The Balaban J connectivity index is 2.27. The highest BCUT2D eigenvalue weighted by atomic mass is 35.5. The van der Waals surface area contributed by atoms with E-state index in [0.29, 0.717) is 0 Å². The Labute approximate surface area is 185 Å². The number of primary amides is 1. The molecule has 0 spiro atoms. The number of methoxy groups -OCH3 is 1. The summed E-state index contributed by atoms with van der Waals surface area (Å²) in [6, 6.07) is 11.3. The lowest BCUT2D eigenvalue weighted by atomic mass is 10.0. The third-order valence-corrected chi connectivity index (χ3v) is 4.38. The van der Waals surface area contributed by atoms with Gasteiger partial charge in [-0.25, -0.2) is 0 Å². The number of halogens is 1. The number of carbonyl (C=O) groups excluding carboxylic acids is 3. The van der Waals surface area contributed by atoms with Gasteiger partial charge in [0.05, 0.1) is 30.7 Å². The van der Waals surface area contributed by atoms with Crippen molar-refractivity contribution in [1.82, 2.24) is 5.32 Å². The Morgan fingerprint density at radius 2 is 1.81 bits per heavy atom. The average molecular weight is 449 g/mol. The topological polar surface area (TPSA) is 117 Å². The zero-order chi connectivity index (χ0) is 23.0. The number of benzene rings is 2. The number of hydrogen-bond donors (Lipinski definition) is 2. The van der Waals surface area contributed by atoms with E-state index in [1.165, 1.54) is 19.2 Å². The molecule has 1 atom stereocenters. The van der Waals surface area contributed by atoms with Gasteiger partial charge < -0.3 is 25.3 Å². The maximum Gasteiger partial charge on any atom is 0.308 e. The molecule has 3 N–H and O–H groups in total. The Morgan fingerprint density at radius 3 is 2.39 bits per heavy atom. The zero-order valence-corrected chi connectivity index (χ0v) is 18.3. The smallest absolute Gasteiger partial charge is 0.308 e. The van der Waals surface area contributed by atoms with Gasteiger partial charge in [-0.3, -0.25) is 14.4 Å². The van der Waals surface area contributed by atoms with Gasteiger partial charge in [0.25, 0.3) is 11.8 Å². The second-order valence-corrected chi connectivity index (χ2v) is 7.33. The van der Waals surface area contributed by atoms with Crippen LogP contribution in [0.5, 0.6) is 11.5 Å². The predicted molar refractivity (Wildman–Crippen MR) is 115 cm³/mol. The van der Waals surface area contributed by atoms with Crippen molar-refractivity contribution in [3.8, 4) is 11.5 Å². The van der Waals surface area contributed by atoms with E-state index in [1.807, 2.05) is 30.3 Å². The molecule has 0 aliphatic rings. The first-order valence-electron chi connectivity index (χ1n) is 9.55. The number of nitrogens with one attached hydrogen (secondary N) is 1. The normalized spacial score (nSPS) is 11.5. The zero-order valence-electron chi connectivity index (χ0n) is 17.5. The van der Waals surface area contributed by atoms with Gasteiger partial charge in [-0.2, -0.15) is 0 Å². The minimum absolute atomic E-state index is 0.0430. The molecule has 0 saturated heterocycles. The summed E-state index contributed by atoms with van der Waals surface area (Å²) in [7, 11) is 1.37. The van der Waals surface area contributed by atoms with Gasteiger partial charge in [0.1, 0.15) is 0 Å². The molecular formula is C22H25ClN2O6. The summed E-state index contributed by atoms with van der Waals surface area (Å²) in [6.45, 7) is 3.12. The fourth-order valence-corrected chi connectivity index (χ4v) is 3.06. The first-order chi connectivity index (χ1) is 14.7. The van der Waals surface area contributed by atoms with Crippen LogP contribution in [0.1, 0.15) is 42.2 Å². The molecule has 0 heterocycles. The molecule has 8 nitrogen and oxygen atoms in total. The van der Waals surface area contributed by atoms with Crippen LogP contribution in [0.4, 0.5) is 0 Å². The molecule has 2 rings (SSSR count). The fraction of sp³-hybridized carbons (Fsp3) is 0.318. The monoisotopic (exact) mass is 448 g/mol. The number of carbonyl (C=O) groups is 3. The molecule has 0 radical (unpaired) electrons. The summed E-state index contributed by atoms with van der Waals surface area (Å²) < 4.78 is 15.7. The summed E-state index contributed by atoms with van der Waals surface area (Å²) in [5, 5.41) is 2.90. The molecule has 0 bridgehead atoms. The molecule has 31 heavy (non-hydrogen) atoms. The van der Waals surface area contributed by atoms with Crippen molar-refractivity contribution >= 4 is 29.4 Å². The minimum atomic E-state index is -0.682. The summed E-state index contributed by atoms with van der Waals surface area (Å²) in [6.07, 6.45) is -0.311. The number of ether oxygens (including phenoxy) is 3. The van der Waals surface area contributed by atoms with Crippen LogP contribution in [-0.4, -0.2) is 37.6 Å². The molecule has 0 fully saturated rings. The van der Waals surface area contributed by atoms with Gasteiger partial charge in [-0.05, 0) is 31.5 Å².